The summed E-state index contributed by atoms with van der Waals surface area (Å²) in [5, 5.41) is 2.81. The van der Waals surface area contributed by atoms with Gasteiger partial charge >= 0.3 is 0 Å². The molecule has 0 spiro atoms. The lowest BCUT2D eigenvalue weighted by Gasteiger charge is -2.51. The molecule has 2 rings (SSSR count). The lowest BCUT2D eigenvalue weighted by Crippen LogP contribution is -2.66. The summed E-state index contributed by atoms with van der Waals surface area (Å²) in [6.07, 6.45) is 3.82. The summed E-state index contributed by atoms with van der Waals surface area (Å²) >= 11 is 0. The highest BCUT2D eigenvalue weighted by atomic mass is 16.2. The van der Waals surface area contributed by atoms with Crippen molar-refractivity contribution in [2.75, 3.05) is 0 Å². The minimum Gasteiger partial charge on any atom is -0.343 e. The summed E-state index contributed by atoms with van der Waals surface area (Å²) in [7, 11) is 0. The van der Waals surface area contributed by atoms with Gasteiger partial charge in [-0.1, -0.05) is 34.6 Å². The standard InChI is InChI=1S/C17H30N2O2/c1-7-13-14(20)18-11(2)15(21)19(13)12-8-16(3,4)10-17(5,6)9-12/h11-13H,7-10H2,1-6H3,(H,18,20). The highest BCUT2D eigenvalue weighted by Gasteiger charge is 2.47. The number of hydrogen-bond donors (Lipinski definition) is 1. The monoisotopic (exact) mass is 294 g/mol. The zero-order valence-corrected chi connectivity index (χ0v) is 14.3. The first-order chi connectivity index (χ1) is 9.56. The third-order valence-corrected chi connectivity index (χ3v) is 4.94. The van der Waals surface area contributed by atoms with E-state index < -0.39 is 6.04 Å². The smallest absolute Gasteiger partial charge is 0.245 e. The summed E-state index contributed by atoms with van der Waals surface area (Å²) in [4.78, 5) is 26.8. The molecule has 2 atom stereocenters. The maximum absolute atomic E-state index is 12.7. The number of amides is 2. The van der Waals surface area contributed by atoms with Gasteiger partial charge in [-0.15, -0.1) is 0 Å². The number of hydrogen-bond acceptors (Lipinski definition) is 2. The van der Waals surface area contributed by atoms with E-state index in [0.29, 0.717) is 6.42 Å². The van der Waals surface area contributed by atoms with Crippen LogP contribution in [0.2, 0.25) is 0 Å². The maximum atomic E-state index is 12.7. The highest BCUT2D eigenvalue weighted by Crippen LogP contribution is 2.47. The van der Waals surface area contributed by atoms with Crippen molar-refractivity contribution < 1.29 is 9.59 Å². The lowest BCUT2D eigenvalue weighted by atomic mass is 9.63. The Labute approximate surface area is 128 Å². The zero-order chi connectivity index (χ0) is 16.0. The van der Waals surface area contributed by atoms with E-state index in [4.69, 9.17) is 0 Å². The van der Waals surface area contributed by atoms with Crippen LogP contribution in [0.4, 0.5) is 0 Å². The van der Waals surface area contributed by atoms with E-state index in [2.05, 4.69) is 33.0 Å². The molecule has 1 aliphatic heterocycles. The van der Waals surface area contributed by atoms with Gasteiger partial charge in [0.15, 0.2) is 0 Å². The quantitative estimate of drug-likeness (QED) is 0.851. The van der Waals surface area contributed by atoms with Gasteiger partial charge in [-0.2, -0.15) is 0 Å². The molecule has 1 saturated carbocycles. The molecule has 1 heterocycles. The Morgan fingerprint density at radius 1 is 1.14 bits per heavy atom. The molecule has 2 unspecified atom stereocenters. The van der Waals surface area contributed by atoms with Crippen LogP contribution in [0.1, 0.15) is 67.2 Å². The van der Waals surface area contributed by atoms with Crippen LogP contribution in [-0.2, 0) is 9.59 Å². The van der Waals surface area contributed by atoms with Gasteiger partial charge in [0.05, 0.1) is 0 Å². The molecule has 21 heavy (non-hydrogen) atoms. The van der Waals surface area contributed by atoms with Gasteiger partial charge < -0.3 is 10.2 Å². The average Bonchev–Trinajstić information content (AvgIpc) is 2.29. The number of nitrogens with one attached hydrogen (secondary N) is 1. The normalized spacial score (nSPS) is 33.0. The number of carbonyl (C=O) groups is 2. The fraction of sp³-hybridized carbons (Fsp3) is 0.882. The third kappa shape index (κ3) is 3.24. The Bertz CT molecular complexity index is 426. The molecule has 2 aliphatic rings. The Kier molecular flexibility index (Phi) is 4.11. The maximum Gasteiger partial charge on any atom is 0.245 e. The van der Waals surface area contributed by atoms with Crippen molar-refractivity contribution in [3.63, 3.8) is 0 Å². The lowest BCUT2D eigenvalue weighted by molar-refractivity contribution is -0.155. The second kappa shape index (κ2) is 5.29. The van der Waals surface area contributed by atoms with E-state index in [1.807, 2.05) is 11.8 Å². The largest absolute Gasteiger partial charge is 0.343 e. The molecular formula is C17H30N2O2. The van der Waals surface area contributed by atoms with Crippen LogP contribution in [-0.4, -0.2) is 34.8 Å². The van der Waals surface area contributed by atoms with E-state index in [0.717, 1.165) is 19.3 Å². The van der Waals surface area contributed by atoms with Crippen molar-refractivity contribution in [2.45, 2.75) is 85.4 Å². The van der Waals surface area contributed by atoms with Gasteiger partial charge in [-0.3, -0.25) is 9.59 Å². The Morgan fingerprint density at radius 3 is 2.14 bits per heavy atom. The molecule has 0 bridgehead atoms. The van der Waals surface area contributed by atoms with Gasteiger partial charge in [0, 0.05) is 6.04 Å². The molecule has 120 valence electrons. The molecule has 0 aromatic rings. The summed E-state index contributed by atoms with van der Waals surface area (Å²) in [6.45, 7) is 12.9. The van der Waals surface area contributed by atoms with Crippen LogP contribution in [0, 0.1) is 10.8 Å². The number of piperazine rings is 1. The number of rotatable bonds is 2. The number of nitrogens with zero attached hydrogens (tertiary/aromatic N) is 1. The van der Waals surface area contributed by atoms with Crippen molar-refractivity contribution in [1.82, 2.24) is 10.2 Å². The molecule has 1 saturated heterocycles. The van der Waals surface area contributed by atoms with Crippen LogP contribution in [0.25, 0.3) is 0 Å². The molecule has 0 aromatic carbocycles. The molecular weight excluding hydrogens is 264 g/mol. The molecule has 4 nitrogen and oxygen atoms in total. The van der Waals surface area contributed by atoms with E-state index in [1.165, 1.54) is 0 Å². The van der Waals surface area contributed by atoms with Crippen LogP contribution in [0.5, 0.6) is 0 Å². The first kappa shape index (κ1) is 16.3. The fourth-order valence-corrected chi connectivity index (χ4v) is 4.68. The predicted molar refractivity (Wildman–Crippen MR) is 83.7 cm³/mol. The van der Waals surface area contributed by atoms with Crippen molar-refractivity contribution in [2.24, 2.45) is 10.8 Å². The summed E-state index contributed by atoms with van der Waals surface area (Å²) in [6, 6.07) is -0.522. The Hall–Kier alpha value is -1.06. The third-order valence-electron chi connectivity index (χ3n) is 4.94. The molecule has 1 N–H and O–H groups in total. The van der Waals surface area contributed by atoms with Crippen molar-refractivity contribution in [1.29, 1.82) is 0 Å². The first-order valence-electron chi connectivity index (χ1n) is 8.19. The van der Waals surface area contributed by atoms with Gasteiger partial charge in [0.1, 0.15) is 12.1 Å². The fourth-order valence-electron chi connectivity index (χ4n) is 4.68. The van der Waals surface area contributed by atoms with E-state index in [9.17, 15) is 9.59 Å². The van der Waals surface area contributed by atoms with Gasteiger partial charge in [-0.05, 0) is 43.4 Å². The van der Waals surface area contributed by atoms with E-state index in [1.54, 1.807) is 6.92 Å². The first-order valence-corrected chi connectivity index (χ1v) is 8.19. The van der Waals surface area contributed by atoms with Crippen molar-refractivity contribution in [3.05, 3.63) is 0 Å². The van der Waals surface area contributed by atoms with Crippen molar-refractivity contribution >= 4 is 11.8 Å². The molecule has 0 aromatic heterocycles. The summed E-state index contributed by atoms with van der Waals surface area (Å²) in [5.74, 6) is 0.0886. The summed E-state index contributed by atoms with van der Waals surface area (Å²) < 4.78 is 0. The van der Waals surface area contributed by atoms with Crippen LogP contribution in [0.3, 0.4) is 0 Å². The average molecular weight is 294 g/mol. The Balaban J connectivity index is 2.32. The summed E-state index contributed by atoms with van der Waals surface area (Å²) in [5.41, 5.74) is 0.421. The predicted octanol–water partition coefficient (Wildman–Crippen LogP) is 2.72. The molecule has 2 fully saturated rings. The van der Waals surface area contributed by atoms with Crippen LogP contribution < -0.4 is 5.32 Å². The minimum atomic E-state index is -0.395. The SMILES string of the molecule is CCC1C(=O)NC(C)C(=O)N1C1CC(C)(C)CC(C)(C)C1. The topological polar surface area (TPSA) is 49.4 Å². The van der Waals surface area contributed by atoms with Gasteiger partial charge in [0.2, 0.25) is 11.8 Å². The Morgan fingerprint density at radius 2 is 1.67 bits per heavy atom. The zero-order valence-electron chi connectivity index (χ0n) is 14.3. The molecule has 1 aliphatic carbocycles. The molecule has 0 radical (unpaired) electrons. The second-order valence-electron chi connectivity index (χ2n) is 8.47. The molecule has 4 heteroatoms. The number of carbonyl (C=O) groups excluding carboxylic acids is 2. The minimum absolute atomic E-state index is 0.00536. The van der Waals surface area contributed by atoms with Gasteiger partial charge in [0.25, 0.3) is 0 Å². The van der Waals surface area contributed by atoms with Crippen LogP contribution >= 0.6 is 0 Å². The van der Waals surface area contributed by atoms with E-state index in [-0.39, 0.29) is 34.7 Å². The second-order valence-corrected chi connectivity index (χ2v) is 8.47. The molecule has 2 amide bonds. The van der Waals surface area contributed by atoms with Gasteiger partial charge in [-0.25, -0.2) is 0 Å². The van der Waals surface area contributed by atoms with Crippen LogP contribution in [0.15, 0.2) is 0 Å². The van der Waals surface area contributed by atoms with Crippen molar-refractivity contribution in [3.8, 4) is 0 Å². The van der Waals surface area contributed by atoms with E-state index >= 15 is 0 Å². The highest BCUT2D eigenvalue weighted by molar-refractivity contribution is 5.96.